The van der Waals surface area contributed by atoms with Gasteiger partial charge in [-0.25, -0.2) is 4.39 Å². The first kappa shape index (κ1) is 23.8. The molecule has 35 heavy (non-hydrogen) atoms. The fourth-order valence-corrected chi connectivity index (χ4v) is 5.66. The summed E-state index contributed by atoms with van der Waals surface area (Å²) in [5.41, 5.74) is 2.98. The van der Waals surface area contributed by atoms with Gasteiger partial charge in [-0.15, -0.1) is 0 Å². The number of carbonyl (C=O) groups excluding carboxylic acids is 1. The standard InChI is InChI=1S/C29H31ClFN3O/c30-26-11-5-4-10-23(26)19-32-20-24(22-8-2-1-3-9-22)18-25(21-32)29(35)34-16-14-33(15-17-34)28-13-7-6-12-27(28)31/h1-13,24-25H,14-21H2. The summed E-state index contributed by atoms with van der Waals surface area (Å²) in [6.07, 6.45) is 0.843. The molecule has 0 radical (unpaired) electrons. The average Bonchev–Trinajstić information content (AvgIpc) is 2.90. The number of rotatable bonds is 5. The van der Waals surface area contributed by atoms with Gasteiger partial charge in [0.15, 0.2) is 0 Å². The van der Waals surface area contributed by atoms with Crippen LogP contribution in [0, 0.1) is 11.7 Å². The quantitative estimate of drug-likeness (QED) is 0.476. The van der Waals surface area contributed by atoms with E-state index in [2.05, 4.69) is 35.2 Å². The fourth-order valence-electron chi connectivity index (χ4n) is 5.47. The smallest absolute Gasteiger partial charge is 0.227 e. The Labute approximate surface area is 211 Å². The highest BCUT2D eigenvalue weighted by atomic mass is 35.5. The van der Waals surface area contributed by atoms with E-state index in [-0.39, 0.29) is 17.6 Å². The fraction of sp³-hybridized carbons (Fsp3) is 0.345. The molecule has 3 aromatic rings. The zero-order valence-corrected chi connectivity index (χ0v) is 20.6. The van der Waals surface area contributed by atoms with E-state index in [0.717, 1.165) is 36.6 Å². The third-order valence-electron chi connectivity index (χ3n) is 7.28. The van der Waals surface area contributed by atoms with Crippen LogP contribution in [-0.4, -0.2) is 55.0 Å². The molecule has 0 saturated carbocycles. The summed E-state index contributed by atoms with van der Waals surface area (Å²) in [6.45, 7) is 4.87. The predicted octanol–water partition coefficient (Wildman–Crippen LogP) is 5.43. The van der Waals surface area contributed by atoms with E-state index in [0.29, 0.717) is 37.8 Å². The van der Waals surface area contributed by atoms with Gasteiger partial charge in [-0.3, -0.25) is 9.69 Å². The molecule has 2 fully saturated rings. The molecule has 2 aliphatic heterocycles. The first-order valence-corrected chi connectivity index (χ1v) is 12.8. The monoisotopic (exact) mass is 491 g/mol. The number of benzene rings is 3. The molecule has 2 atom stereocenters. The van der Waals surface area contributed by atoms with E-state index in [4.69, 9.17) is 11.6 Å². The van der Waals surface area contributed by atoms with E-state index >= 15 is 0 Å². The SMILES string of the molecule is O=C(C1CC(c2ccccc2)CN(Cc2ccccc2Cl)C1)N1CCN(c2ccccc2F)CC1. The van der Waals surface area contributed by atoms with Gasteiger partial charge >= 0.3 is 0 Å². The minimum atomic E-state index is -0.208. The molecule has 0 spiro atoms. The normalized spacial score (nSPS) is 21.2. The van der Waals surface area contributed by atoms with E-state index in [1.54, 1.807) is 6.07 Å². The molecule has 6 heteroatoms. The number of hydrogen-bond donors (Lipinski definition) is 0. The number of hydrogen-bond acceptors (Lipinski definition) is 3. The number of carbonyl (C=O) groups is 1. The largest absolute Gasteiger partial charge is 0.366 e. The number of para-hydroxylation sites is 1. The zero-order valence-electron chi connectivity index (χ0n) is 19.8. The number of piperidine rings is 1. The predicted molar refractivity (Wildman–Crippen MR) is 139 cm³/mol. The van der Waals surface area contributed by atoms with Crippen molar-refractivity contribution in [2.45, 2.75) is 18.9 Å². The molecule has 1 amide bonds. The number of anilines is 1. The van der Waals surface area contributed by atoms with Crippen molar-refractivity contribution in [1.82, 2.24) is 9.80 Å². The Morgan fingerprint density at radius 2 is 1.54 bits per heavy atom. The lowest BCUT2D eigenvalue weighted by Gasteiger charge is -2.42. The highest BCUT2D eigenvalue weighted by Crippen LogP contribution is 2.33. The molecule has 4 nitrogen and oxygen atoms in total. The second-order valence-corrected chi connectivity index (χ2v) is 10.00. The minimum Gasteiger partial charge on any atom is -0.366 e. The molecule has 0 aromatic heterocycles. The van der Waals surface area contributed by atoms with Crippen LogP contribution in [0.5, 0.6) is 0 Å². The molecule has 0 aliphatic carbocycles. The number of halogens is 2. The van der Waals surface area contributed by atoms with Crippen molar-refractivity contribution in [2.75, 3.05) is 44.2 Å². The molecular formula is C29H31ClFN3O. The minimum absolute atomic E-state index is 0.0727. The molecule has 2 unspecified atom stereocenters. The van der Waals surface area contributed by atoms with Gasteiger partial charge in [-0.2, -0.15) is 0 Å². The molecular weight excluding hydrogens is 461 g/mol. The summed E-state index contributed by atoms with van der Waals surface area (Å²) < 4.78 is 14.2. The molecule has 5 rings (SSSR count). The average molecular weight is 492 g/mol. The third kappa shape index (κ3) is 5.52. The Morgan fingerprint density at radius 3 is 2.29 bits per heavy atom. The number of nitrogens with zero attached hydrogens (tertiary/aromatic N) is 3. The maximum Gasteiger partial charge on any atom is 0.227 e. The maximum atomic E-state index is 14.2. The van der Waals surface area contributed by atoms with Crippen molar-refractivity contribution < 1.29 is 9.18 Å². The van der Waals surface area contributed by atoms with Crippen LogP contribution in [-0.2, 0) is 11.3 Å². The molecule has 0 N–H and O–H groups in total. The van der Waals surface area contributed by atoms with Crippen molar-refractivity contribution >= 4 is 23.2 Å². The number of amides is 1. The highest BCUT2D eigenvalue weighted by molar-refractivity contribution is 6.31. The number of piperazine rings is 1. The van der Waals surface area contributed by atoms with Gasteiger partial charge in [-0.05, 0) is 41.7 Å². The summed E-state index contributed by atoms with van der Waals surface area (Å²) in [6, 6.07) is 25.3. The topological polar surface area (TPSA) is 26.8 Å². The molecule has 2 aliphatic rings. The van der Waals surface area contributed by atoms with Crippen molar-refractivity contribution in [2.24, 2.45) is 5.92 Å². The summed E-state index contributed by atoms with van der Waals surface area (Å²) >= 11 is 6.46. The molecule has 0 bridgehead atoms. The van der Waals surface area contributed by atoms with E-state index in [1.807, 2.05) is 46.2 Å². The van der Waals surface area contributed by atoms with Gasteiger partial charge in [0, 0.05) is 50.8 Å². The zero-order chi connectivity index (χ0) is 24.2. The Hall–Kier alpha value is -2.89. The molecule has 3 aromatic carbocycles. The first-order valence-electron chi connectivity index (χ1n) is 12.4. The van der Waals surface area contributed by atoms with Crippen LogP contribution in [0.4, 0.5) is 10.1 Å². The summed E-state index contributed by atoms with van der Waals surface area (Å²) in [5.74, 6) is 0.223. The second kappa shape index (κ2) is 10.8. The van der Waals surface area contributed by atoms with E-state index in [1.165, 1.54) is 11.6 Å². The number of likely N-dealkylation sites (tertiary alicyclic amines) is 1. The van der Waals surface area contributed by atoms with Crippen LogP contribution in [0.25, 0.3) is 0 Å². The van der Waals surface area contributed by atoms with Gasteiger partial charge in [0.2, 0.25) is 5.91 Å². The maximum absolute atomic E-state index is 14.2. The van der Waals surface area contributed by atoms with Crippen molar-refractivity contribution in [3.05, 3.63) is 101 Å². The lowest BCUT2D eigenvalue weighted by atomic mass is 9.83. The summed E-state index contributed by atoms with van der Waals surface area (Å²) in [5, 5.41) is 0.765. The van der Waals surface area contributed by atoms with E-state index in [9.17, 15) is 9.18 Å². The first-order chi connectivity index (χ1) is 17.1. The molecule has 182 valence electrons. The lowest BCUT2D eigenvalue weighted by molar-refractivity contribution is -0.138. The van der Waals surface area contributed by atoms with Gasteiger partial charge in [0.05, 0.1) is 11.6 Å². The third-order valence-corrected chi connectivity index (χ3v) is 7.65. The Kier molecular flexibility index (Phi) is 7.35. The molecule has 2 heterocycles. The van der Waals surface area contributed by atoms with Crippen LogP contribution >= 0.6 is 11.6 Å². The molecule has 2 saturated heterocycles. The van der Waals surface area contributed by atoms with Gasteiger partial charge < -0.3 is 9.80 Å². The van der Waals surface area contributed by atoms with Crippen LogP contribution in [0.15, 0.2) is 78.9 Å². The summed E-state index contributed by atoms with van der Waals surface area (Å²) in [7, 11) is 0. The van der Waals surface area contributed by atoms with Crippen molar-refractivity contribution in [1.29, 1.82) is 0 Å². The Bertz CT molecular complexity index is 1150. The van der Waals surface area contributed by atoms with E-state index < -0.39 is 0 Å². The summed E-state index contributed by atoms with van der Waals surface area (Å²) in [4.78, 5) is 20.1. The Balaban J connectivity index is 1.29. The van der Waals surface area contributed by atoms with Gasteiger partial charge in [-0.1, -0.05) is 72.3 Å². The van der Waals surface area contributed by atoms with Gasteiger partial charge in [0.1, 0.15) is 5.82 Å². The van der Waals surface area contributed by atoms with Crippen molar-refractivity contribution in [3.63, 3.8) is 0 Å². The van der Waals surface area contributed by atoms with Crippen LogP contribution in [0.3, 0.4) is 0 Å². The highest BCUT2D eigenvalue weighted by Gasteiger charge is 2.35. The van der Waals surface area contributed by atoms with Crippen LogP contribution in [0.1, 0.15) is 23.5 Å². The lowest BCUT2D eigenvalue weighted by Crippen LogP contribution is -2.53. The second-order valence-electron chi connectivity index (χ2n) is 9.59. The van der Waals surface area contributed by atoms with Crippen molar-refractivity contribution in [3.8, 4) is 0 Å². The van der Waals surface area contributed by atoms with Crippen LogP contribution < -0.4 is 4.90 Å². The van der Waals surface area contributed by atoms with Crippen LogP contribution in [0.2, 0.25) is 5.02 Å². The van der Waals surface area contributed by atoms with Gasteiger partial charge in [0.25, 0.3) is 0 Å². The Morgan fingerprint density at radius 1 is 0.857 bits per heavy atom.